The Labute approximate surface area is 57.0 Å². The topological polar surface area (TPSA) is 51.6 Å². The zero-order valence-corrected chi connectivity index (χ0v) is 5.10. The van der Waals surface area contributed by atoms with Crippen molar-refractivity contribution in [3.05, 3.63) is 24.8 Å². The molecule has 0 N–H and O–H groups in total. The standard InChI is InChI=1S/C6H4N4/c1-2-9-10-6-3-7-4-8-5(1)6/h1-4H. The van der Waals surface area contributed by atoms with Crippen LogP contribution in [0.1, 0.15) is 0 Å². The summed E-state index contributed by atoms with van der Waals surface area (Å²) in [5.74, 6) is 0. The van der Waals surface area contributed by atoms with E-state index in [9.17, 15) is 0 Å². The fourth-order valence-electron chi connectivity index (χ4n) is 0.737. The predicted molar refractivity (Wildman–Crippen MR) is 35.1 cm³/mol. The third-order valence-corrected chi connectivity index (χ3v) is 1.19. The van der Waals surface area contributed by atoms with Crippen LogP contribution in [0.25, 0.3) is 11.0 Å². The molecule has 4 nitrogen and oxygen atoms in total. The first kappa shape index (κ1) is 5.22. The molecule has 0 aromatic carbocycles. The van der Waals surface area contributed by atoms with E-state index in [1.54, 1.807) is 18.5 Å². The molecule has 2 aromatic heterocycles. The van der Waals surface area contributed by atoms with Crippen LogP contribution in [0.4, 0.5) is 0 Å². The zero-order valence-electron chi connectivity index (χ0n) is 5.10. The number of aromatic nitrogens is 4. The average molecular weight is 132 g/mol. The molecule has 4 heteroatoms. The molecule has 2 heterocycles. The lowest BCUT2D eigenvalue weighted by Crippen LogP contribution is -1.85. The minimum Gasteiger partial charge on any atom is -0.242 e. The van der Waals surface area contributed by atoms with Crippen molar-refractivity contribution < 1.29 is 0 Å². The molecule has 10 heavy (non-hydrogen) atoms. The van der Waals surface area contributed by atoms with Crippen LogP contribution < -0.4 is 0 Å². The van der Waals surface area contributed by atoms with Gasteiger partial charge in [-0.1, -0.05) is 0 Å². The molecule has 0 unspecified atom stereocenters. The molecular weight excluding hydrogens is 128 g/mol. The summed E-state index contributed by atoms with van der Waals surface area (Å²) in [6.07, 6.45) is 4.73. The highest BCUT2D eigenvalue weighted by Gasteiger charge is 1.90. The Morgan fingerprint density at radius 3 is 3.10 bits per heavy atom. The second-order valence-corrected chi connectivity index (χ2v) is 1.82. The van der Waals surface area contributed by atoms with Gasteiger partial charge >= 0.3 is 0 Å². The maximum atomic E-state index is 3.97. The van der Waals surface area contributed by atoms with Crippen LogP contribution in [0.15, 0.2) is 24.8 Å². The van der Waals surface area contributed by atoms with Crippen molar-refractivity contribution >= 4 is 11.0 Å². The molecular formula is C6H4N4. The second-order valence-electron chi connectivity index (χ2n) is 1.82. The minimum atomic E-state index is 0.727. The van der Waals surface area contributed by atoms with Gasteiger partial charge in [0.2, 0.25) is 0 Å². The first-order valence-corrected chi connectivity index (χ1v) is 2.84. The summed E-state index contributed by atoms with van der Waals surface area (Å²) in [6, 6.07) is 1.80. The van der Waals surface area contributed by atoms with Crippen LogP contribution >= 0.6 is 0 Å². The van der Waals surface area contributed by atoms with Crippen molar-refractivity contribution in [2.75, 3.05) is 0 Å². The van der Waals surface area contributed by atoms with Crippen LogP contribution in [0.3, 0.4) is 0 Å². The van der Waals surface area contributed by atoms with Crippen molar-refractivity contribution in [2.24, 2.45) is 0 Å². The van der Waals surface area contributed by atoms with Gasteiger partial charge in [-0.05, 0) is 6.07 Å². The van der Waals surface area contributed by atoms with Crippen LogP contribution in [0.5, 0.6) is 0 Å². The molecule has 0 saturated heterocycles. The van der Waals surface area contributed by atoms with Gasteiger partial charge in [0.05, 0.1) is 17.9 Å². The van der Waals surface area contributed by atoms with E-state index in [0.717, 1.165) is 11.0 Å². The highest BCUT2D eigenvalue weighted by molar-refractivity contribution is 5.70. The lowest BCUT2D eigenvalue weighted by atomic mass is 10.4. The van der Waals surface area contributed by atoms with E-state index < -0.39 is 0 Å². The van der Waals surface area contributed by atoms with Gasteiger partial charge in [0.1, 0.15) is 11.8 Å². The van der Waals surface area contributed by atoms with Gasteiger partial charge < -0.3 is 0 Å². The van der Waals surface area contributed by atoms with Crippen LogP contribution in [-0.2, 0) is 0 Å². The molecule has 2 aromatic rings. The van der Waals surface area contributed by atoms with Gasteiger partial charge in [0, 0.05) is 0 Å². The van der Waals surface area contributed by atoms with E-state index in [2.05, 4.69) is 20.2 Å². The fourth-order valence-corrected chi connectivity index (χ4v) is 0.737. The Bertz CT molecular complexity index is 281. The maximum absolute atomic E-state index is 3.97. The van der Waals surface area contributed by atoms with Crippen LogP contribution in [0, 0.1) is 0 Å². The minimum absolute atomic E-state index is 0.727. The number of nitrogens with zero attached hydrogens (tertiary/aromatic N) is 4. The summed E-state index contributed by atoms with van der Waals surface area (Å²) in [6.45, 7) is 0. The molecule has 0 bridgehead atoms. The first-order valence-electron chi connectivity index (χ1n) is 2.84. The number of hydrogen-bond acceptors (Lipinski definition) is 4. The number of hydrogen-bond donors (Lipinski definition) is 0. The van der Waals surface area contributed by atoms with Crippen LogP contribution in [0.2, 0.25) is 0 Å². The third-order valence-electron chi connectivity index (χ3n) is 1.19. The molecule has 0 radical (unpaired) electrons. The predicted octanol–water partition coefficient (Wildman–Crippen LogP) is 0.420. The molecule has 0 amide bonds. The maximum Gasteiger partial charge on any atom is 0.130 e. The van der Waals surface area contributed by atoms with Crippen LogP contribution in [-0.4, -0.2) is 20.2 Å². The Morgan fingerprint density at radius 1 is 1.20 bits per heavy atom. The van der Waals surface area contributed by atoms with Gasteiger partial charge in [-0.2, -0.15) is 5.10 Å². The molecule has 0 spiro atoms. The van der Waals surface area contributed by atoms with E-state index in [1.165, 1.54) is 6.33 Å². The molecule has 0 atom stereocenters. The van der Waals surface area contributed by atoms with E-state index in [4.69, 9.17) is 0 Å². The Hall–Kier alpha value is -1.58. The van der Waals surface area contributed by atoms with Crippen molar-refractivity contribution in [3.8, 4) is 0 Å². The highest BCUT2D eigenvalue weighted by atomic mass is 15.1. The molecule has 0 aliphatic heterocycles. The van der Waals surface area contributed by atoms with Gasteiger partial charge in [-0.15, -0.1) is 5.10 Å². The smallest absolute Gasteiger partial charge is 0.130 e. The zero-order chi connectivity index (χ0) is 6.81. The van der Waals surface area contributed by atoms with Crippen molar-refractivity contribution in [2.45, 2.75) is 0 Å². The van der Waals surface area contributed by atoms with E-state index >= 15 is 0 Å². The average Bonchev–Trinajstić information content (AvgIpc) is 2.05. The van der Waals surface area contributed by atoms with Crippen molar-refractivity contribution in [3.63, 3.8) is 0 Å². The quantitative estimate of drug-likeness (QED) is 0.521. The summed E-state index contributed by atoms with van der Waals surface area (Å²) in [5, 5.41) is 7.49. The molecule has 0 saturated carbocycles. The SMILES string of the molecule is c1cc2ncncc2nn1. The molecule has 0 aliphatic carbocycles. The van der Waals surface area contributed by atoms with Gasteiger partial charge in [0.15, 0.2) is 0 Å². The second kappa shape index (κ2) is 1.98. The van der Waals surface area contributed by atoms with Gasteiger partial charge in [0.25, 0.3) is 0 Å². The number of fused-ring (bicyclic) bond motifs is 1. The Kier molecular flexibility index (Phi) is 1.04. The monoisotopic (exact) mass is 132 g/mol. The molecule has 2 rings (SSSR count). The largest absolute Gasteiger partial charge is 0.242 e. The molecule has 0 fully saturated rings. The van der Waals surface area contributed by atoms with E-state index in [0.29, 0.717) is 0 Å². The lowest BCUT2D eigenvalue weighted by Gasteiger charge is -1.88. The first-order chi connectivity index (χ1) is 4.97. The Balaban J connectivity index is 2.89. The van der Waals surface area contributed by atoms with E-state index in [-0.39, 0.29) is 0 Å². The molecule has 0 aliphatic rings. The van der Waals surface area contributed by atoms with Gasteiger partial charge in [-0.3, -0.25) is 0 Å². The number of rotatable bonds is 0. The highest BCUT2D eigenvalue weighted by Crippen LogP contribution is 2.00. The Morgan fingerprint density at radius 2 is 2.20 bits per heavy atom. The normalized spacial score (nSPS) is 10.0. The van der Waals surface area contributed by atoms with Gasteiger partial charge in [-0.25, -0.2) is 9.97 Å². The molecule has 48 valence electrons. The lowest BCUT2D eigenvalue weighted by molar-refractivity contribution is 1.05. The third kappa shape index (κ3) is 0.699. The van der Waals surface area contributed by atoms with E-state index in [1.807, 2.05) is 0 Å². The summed E-state index contributed by atoms with van der Waals surface area (Å²) in [5.41, 5.74) is 1.55. The van der Waals surface area contributed by atoms with Crippen molar-refractivity contribution in [1.29, 1.82) is 0 Å². The van der Waals surface area contributed by atoms with Crippen molar-refractivity contribution in [1.82, 2.24) is 20.2 Å². The summed E-state index contributed by atoms with van der Waals surface area (Å²) >= 11 is 0. The summed E-state index contributed by atoms with van der Waals surface area (Å²) in [7, 11) is 0. The summed E-state index contributed by atoms with van der Waals surface area (Å²) < 4.78 is 0. The summed E-state index contributed by atoms with van der Waals surface area (Å²) in [4.78, 5) is 7.77. The fraction of sp³-hybridized carbons (Fsp3) is 0.